The lowest BCUT2D eigenvalue weighted by Crippen LogP contribution is -1.89. The molecule has 0 atom stereocenters. The molecule has 110 valence electrons. The van der Waals surface area contributed by atoms with E-state index in [4.69, 9.17) is 0 Å². The van der Waals surface area contributed by atoms with Gasteiger partial charge in [-0.15, -0.1) is 0 Å². The normalized spacial score (nSPS) is 10.7. The van der Waals surface area contributed by atoms with E-state index in [1.807, 2.05) is 24.3 Å². The topological polar surface area (TPSA) is 12.9 Å². The van der Waals surface area contributed by atoms with Gasteiger partial charge in [-0.1, -0.05) is 30.3 Å². The monoisotopic (exact) mass is 295 g/mol. The molecule has 0 saturated heterocycles. The quantitative estimate of drug-likeness (QED) is 0.624. The van der Waals surface area contributed by atoms with Gasteiger partial charge in [-0.05, 0) is 48.7 Å². The van der Waals surface area contributed by atoms with Crippen molar-refractivity contribution in [2.75, 3.05) is 0 Å². The van der Waals surface area contributed by atoms with Crippen molar-refractivity contribution in [1.29, 1.82) is 0 Å². The van der Waals surface area contributed by atoms with Gasteiger partial charge in [0.15, 0.2) is 0 Å². The van der Waals surface area contributed by atoms with Crippen LogP contribution in [0.5, 0.6) is 0 Å². The first-order chi connectivity index (χ1) is 10.5. The standard InChI is InChI=1S/C19H15F2N/c1-12-3-5-14(9-17(12)20)16-7-8-19(22-11-16)15-6-4-13(2)18(21)10-15/h3-11H,1-2H3. The smallest absolute Gasteiger partial charge is 0.126 e. The third-order valence-corrected chi connectivity index (χ3v) is 3.74. The van der Waals surface area contributed by atoms with Crippen LogP contribution in [0.25, 0.3) is 22.4 Å². The minimum atomic E-state index is -0.246. The van der Waals surface area contributed by atoms with Gasteiger partial charge in [-0.2, -0.15) is 0 Å². The Morgan fingerprint density at radius 2 is 1.23 bits per heavy atom. The molecule has 0 aliphatic heterocycles. The molecule has 3 heteroatoms. The van der Waals surface area contributed by atoms with E-state index in [9.17, 15) is 8.78 Å². The average molecular weight is 295 g/mol. The van der Waals surface area contributed by atoms with Crippen molar-refractivity contribution in [3.05, 3.63) is 77.5 Å². The van der Waals surface area contributed by atoms with Gasteiger partial charge in [0.2, 0.25) is 0 Å². The van der Waals surface area contributed by atoms with Crippen LogP contribution < -0.4 is 0 Å². The molecule has 0 spiro atoms. The Labute approximate surface area is 128 Å². The summed E-state index contributed by atoms with van der Waals surface area (Å²) in [6, 6.07) is 13.8. The molecule has 0 bridgehead atoms. The summed E-state index contributed by atoms with van der Waals surface area (Å²) in [7, 11) is 0. The lowest BCUT2D eigenvalue weighted by atomic mass is 10.0. The molecule has 0 amide bonds. The summed E-state index contributed by atoms with van der Waals surface area (Å²) in [6.07, 6.45) is 1.68. The first-order valence-corrected chi connectivity index (χ1v) is 7.04. The van der Waals surface area contributed by atoms with Gasteiger partial charge < -0.3 is 0 Å². The van der Waals surface area contributed by atoms with Crippen molar-refractivity contribution in [2.45, 2.75) is 13.8 Å². The number of hydrogen-bond acceptors (Lipinski definition) is 1. The Hall–Kier alpha value is -2.55. The van der Waals surface area contributed by atoms with Gasteiger partial charge in [-0.25, -0.2) is 8.78 Å². The molecule has 0 unspecified atom stereocenters. The molecule has 0 N–H and O–H groups in total. The van der Waals surface area contributed by atoms with Crippen LogP contribution in [0.15, 0.2) is 54.7 Å². The number of nitrogens with zero attached hydrogens (tertiary/aromatic N) is 1. The zero-order chi connectivity index (χ0) is 15.7. The number of pyridine rings is 1. The summed E-state index contributed by atoms with van der Waals surface area (Å²) in [5.74, 6) is -0.480. The third-order valence-electron chi connectivity index (χ3n) is 3.74. The van der Waals surface area contributed by atoms with Gasteiger partial charge in [0, 0.05) is 17.3 Å². The highest BCUT2D eigenvalue weighted by molar-refractivity contribution is 5.67. The molecule has 3 aromatic rings. The second-order valence-corrected chi connectivity index (χ2v) is 5.36. The van der Waals surface area contributed by atoms with Crippen LogP contribution >= 0.6 is 0 Å². The predicted octanol–water partition coefficient (Wildman–Crippen LogP) is 5.31. The van der Waals surface area contributed by atoms with E-state index in [0.717, 1.165) is 16.7 Å². The molecule has 0 aliphatic rings. The summed E-state index contributed by atoms with van der Waals surface area (Å²) in [5.41, 5.74) is 4.24. The molecule has 1 aromatic heterocycles. The van der Waals surface area contributed by atoms with Crippen LogP contribution in [0.4, 0.5) is 8.78 Å². The molecule has 1 nitrogen and oxygen atoms in total. The maximum Gasteiger partial charge on any atom is 0.126 e. The van der Waals surface area contributed by atoms with Crippen LogP contribution in [0.3, 0.4) is 0 Å². The molecule has 0 radical (unpaired) electrons. The van der Waals surface area contributed by atoms with E-state index < -0.39 is 0 Å². The van der Waals surface area contributed by atoms with E-state index >= 15 is 0 Å². The van der Waals surface area contributed by atoms with Crippen LogP contribution in [0.1, 0.15) is 11.1 Å². The van der Waals surface area contributed by atoms with Crippen molar-refractivity contribution >= 4 is 0 Å². The number of aromatic nitrogens is 1. The molecule has 22 heavy (non-hydrogen) atoms. The Morgan fingerprint density at radius 1 is 0.682 bits per heavy atom. The van der Waals surface area contributed by atoms with E-state index in [2.05, 4.69) is 4.98 Å². The zero-order valence-electron chi connectivity index (χ0n) is 12.4. The molecule has 0 aliphatic carbocycles. The summed E-state index contributed by atoms with van der Waals surface area (Å²) in [4.78, 5) is 4.36. The van der Waals surface area contributed by atoms with E-state index in [-0.39, 0.29) is 11.6 Å². The van der Waals surface area contributed by atoms with Crippen LogP contribution in [-0.4, -0.2) is 4.98 Å². The molecule has 0 fully saturated rings. The highest BCUT2D eigenvalue weighted by Gasteiger charge is 2.06. The molecule has 1 heterocycles. The van der Waals surface area contributed by atoms with Crippen LogP contribution in [-0.2, 0) is 0 Å². The molecular weight excluding hydrogens is 280 g/mol. The van der Waals surface area contributed by atoms with E-state index in [0.29, 0.717) is 16.8 Å². The van der Waals surface area contributed by atoms with Gasteiger partial charge in [-0.3, -0.25) is 4.98 Å². The Bertz CT molecular complexity index is 753. The maximum atomic E-state index is 13.6. The van der Waals surface area contributed by atoms with Crippen molar-refractivity contribution < 1.29 is 8.78 Å². The van der Waals surface area contributed by atoms with E-state index in [1.54, 1.807) is 32.2 Å². The highest BCUT2D eigenvalue weighted by Crippen LogP contribution is 2.25. The van der Waals surface area contributed by atoms with Gasteiger partial charge in [0.1, 0.15) is 11.6 Å². The molecule has 3 rings (SSSR count). The first kappa shape index (κ1) is 14.4. The van der Waals surface area contributed by atoms with Gasteiger partial charge in [0.25, 0.3) is 0 Å². The third kappa shape index (κ3) is 2.75. The summed E-state index contributed by atoms with van der Waals surface area (Å²) < 4.78 is 27.3. The van der Waals surface area contributed by atoms with Crippen molar-refractivity contribution in [3.8, 4) is 22.4 Å². The number of halogens is 2. The summed E-state index contributed by atoms with van der Waals surface area (Å²) in [6.45, 7) is 3.45. The summed E-state index contributed by atoms with van der Waals surface area (Å²) >= 11 is 0. The minimum absolute atomic E-state index is 0.234. The first-order valence-electron chi connectivity index (χ1n) is 7.04. The highest BCUT2D eigenvalue weighted by atomic mass is 19.1. The zero-order valence-corrected chi connectivity index (χ0v) is 12.4. The van der Waals surface area contributed by atoms with Crippen molar-refractivity contribution in [2.24, 2.45) is 0 Å². The van der Waals surface area contributed by atoms with Crippen molar-refractivity contribution in [3.63, 3.8) is 0 Å². The number of aryl methyl sites for hydroxylation is 2. The number of hydrogen-bond donors (Lipinski definition) is 0. The minimum Gasteiger partial charge on any atom is -0.256 e. The SMILES string of the molecule is Cc1ccc(-c2ccc(-c3ccc(C)c(F)c3)nc2)cc1F. The molecule has 0 saturated carbocycles. The van der Waals surface area contributed by atoms with Crippen LogP contribution in [0, 0.1) is 25.5 Å². The second kappa shape index (κ2) is 5.68. The van der Waals surface area contributed by atoms with Gasteiger partial charge in [0.05, 0.1) is 5.69 Å². The Kier molecular flexibility index (Phi) is 3.72. The van der Waals surface area contributed by atoms with Gasteiger partial charge >= 0.3 is 0 Å². The largest absolute Gasteiger partial charge is 0.256 e. The number of rotatable bonds is 2. The van der Waals surface area contributed by atoms with Crippen molar-refractivity contribution in [1.82, 2.24) is 4.98 Å². The fourth-order valence-corrected chi connectivity index (χ4v) is 2.26. The number of benzene rings is 2. The molecule has 2 aromatic carbocycles. The lowest BCUT2D eigenvalue weighted by Gasteiger charge is -2.06. The Morgan fingerprint density at radius 3 is 1.77 bits per heavy atom. The maximum absolute atomic E-state index is 13.6. The van der Waals surface area contributed by atoms with E-state index in [1.165, 1.54) is 12.1 Å². The fraction of sp³-hybridized carbons (Fsp3) is 0.105. The second-order valence-electron chi connectivity index (χ2n) is 5.36. The van der Waals surface area contributed by atoms with Crippen LogP contribution in [0.2, 0.25) is 0 Å². The average Bonchev–Trinajstić information content (AvgIpc) is 2.53. The fourth-order valence-electron chi connectivity index (χ4n) is 2.26. The Balaban J connectivity index is 1.95. The lowest BCUT2D eigenvalue weighted by molar-refractivity contribution is 0.618. The predicted molar refractivity (Wildman–Crippen MR) is 84.5 cm³/mol. The molecular formula is C19H15F2N. The summed E-state index contributed by atoms with van der Waals surface area (Å²) in [5, 5.41) is 0.